The molecule has 0 unspecified atom stereocenters. The zero-order chi connectivity index (χ0) is 24.8. The lowest BCUT2D eigenvalue weighted by atomic mass is 9.95. The highest BCUT2D eigenvalue weighted by atomic mass is 16.8. The molecule has 35 heavy (non-hydrogen) atoms. The van der Waals surface area contributed by atoms with Crippen LogP contribution in [0.15, 0.2) is 60.7 Å². The largest absolute Gasteiger partial charge is 0.467 e. The first-order valence-corrected chi connectivity index (χ1v) is 11.6. The van der Waals surface area contributed by atoms with Gasteiger partial charge in [-0.25, -0.2) is 4.79 Å². The molecular formula is C26H31NO8. The molecule has 9 nitrogen and oxygen atoms in total. The van der Waals surface area contributed by atoms with Gasteiger partial charge in [-0.2, -0.15) is 0 Å². The molecule has 2 aromatic rings. The zero-order valence-electron chi connectivity index (χ0n) is 20.0. The first-order chi connectivity index (χ1) is 17.0. The van der Waals surface area contributed by atoms with E-state index in [-0.39, 0.29) is 19.1 Å². The fraction of sp³-hybridized carbons (Fsp3) is 0.462. The van der Waals surface area contributed by atoms with E-state index in [2.05, 4.69) is 5.32 Å². The first kappa shape index (κ1) is 25.3. The van der Waals surface area contributed by atoms with Crippen molar-refractivity contribution in [2.24, 2.45) is 0 Å². The van der Waals surface area contributed by atoms with E-state index in [0.717, 1.165) is 11.1 Å². The van der Waals surface area contributed by atoms with Gasteiger partial charge in [0.2, 0.25) is 5.91 Å². The van der Waals surface area contributed by atoms with Gasteiger partial charge in [-0.1, -0.05) is 60.7 Å². The molecule has 2 heterocycles. The Morgan fingerprint density at radius 3 is 2.40 bits per heavy atom. The molecule has 0 radical (unpaired) electrons. The minimum Gasteiger partial charge on any atom is -0.467 e. The monoisotopic (exact) mass is 485 g/mol. The predicted octanol–water partition coefficient (Wildman–Crippen LogP) is 2.49. The smallest absolute Gasteiger partial charge is 0.334 e. The maximum Gasteiger partial charge on any atom is 0.334 e. The minimum absolute atomic E-state index is 0.217. The third-order valence-electron chi connectivity index (χ3n) is 5.93. The van der Waals surface area contributed by atoms with Gasteiger partial charge in [0.05, 0.1) is 20.3 Å². The van der Waals surface area contributed by atoms with Crippen LogP contribution in [0.25, 0.3) is 0 Å². The lowest BCUT2D eigenvalue weighted by molar-refractivity contribution is -0.352. The number of methoxy groups -OCH3 is 1. The molecule has 0 aromatic heterocycles. The molecule has 188 valence electrons. The Morgan fingerprint density at radius 2 is 1.74 bits per heavy atom. The number of carbonyl (C=O) groups is 2. The molecule has 2 aromatic carbocycles. The van der Waals surface area contributed by atoms with Gasteiger partial charge in [-0.3, -0.25) is 4.79 Å². The summed E-state index contributed by atoms with van der Waals surface area (Å²) in [6, 6.07) is 18.4. The van der Waals surface area contributed by atoms with Crippen molar-refractivity contribution < 1.29 is 38.0 Å². The summed E-state index contributed by atoms with van der Waals surface area (Å²) in [4.78, 5) is 24.4. The van der Waals surface area contributed by atoms with Crippen molar-refractivity contribution in [3.8, 4) is 0 Å². The van der Waals surface area contributed by atoms with Crippen LogP contribution < -0.4 is 5.32 Å². The summed E-state index contributed by atoms with van der Waals surface area (Å²) in [5.41, 5.74) is 1.78. The first-order valence-electron chi connectivity index (χ1n) is 11.6. The van der Waals surface area contributed by atoms with Crippen molar-refractivity contribution in [2.45, 2.75) is 63.5 Å². The third-order valence-corrected chi connectivity index (χ3v) is 5.93. The van der Waals surface area contributed by atoms with Crippen LogP contribution in [0.1, 0.15) is 31.3 Å². The van der Waals surface area contributed by atoms with Crippen LogP contribution in [-0.4, -0.2) is 62.3 Å². The van der Waals surface area contributed by atoms with E-state index in [1.165, 1.54) is 14.0 Å². The topological polar surface area (TPSA) is 102 Å². The molecule has 9 heteroatoms. The van der Waals surface area contributed by atoms with Crippen LogP contribution in [0.5, 0.6) is 0 Å². The van der Waals surface area contributed by atoms with E-state index < -0.39 is 49.0 Å². The van der Waals surface area contributed by atoms with Crippen LogP contribution in [0, 0.1) is 0 Å². The third kappa shape index (κ3) is 6.25. The molecule has 2 fully saturated rings. The van der Waals surface area contributed by atoms with E-state index in [0.29, 0.717) is 0 Å². The van der Waals surface area contributed by atoms with Gasteiger partial charge >= 0.3 is 5.97 Å². The summed E-state index contributed by atoms with van der Waals surface area (Å²) in [6.07, 6.45) is -4.39. The van der Waals surface area contributed by atoms with E-state index in [9.17, 15) is 9.59 Å². The Hall–Kier alpha value is -2.82. The van der Waals surface area contributed by atoms with Crippen molar-refractivity contribution in [2.75, 3.05) is 13.7 Å². The second-order valence-electron chi connectivity index (χ2n) is 8.51. The molecule has 0 aliphatic carbocycles. The molecule has 1 amide bonds. The summed E-state index contributed by atoms with van der Waals surface area (Å²) < 4.78 is 35.6. The predicted molar refractivity (Wildman–Crippen MR) is 124 cm³/mol. The summed E-state index contributed by atoms with van der Waals surface area (Å²) in [5.74, 6) is -0.834. The fourth-order valence-electron chi connectivity index (χ4n) is 4.25. The van der Waals surface area contributed by atoms with Crippen LogP contribution in [0.2, 0.25) is 0 Å². The maximum atomic E-state index is 12.2. The molecule has 2 saturated heterocycles. The maximum absolute atomic E-state index is 12.2. The van der Waals surface area contributed by atoms with E-state index in [1.54, 1.807) is 6.92 Å². The number of amides is 1. The molecule has 0 bridgehead atoms. The molecule has 7 atom stereocenters. The number of rotatable bonds is 8. The van der Waals surface area contributed by atoms with Crippen molar-refractivity contribution in [3.05, 3.63) is 71.8 Å². The summed E-state index contributed by atoms with van der Waals surface area (Å²) in [5, 5.41) is 2.88. The number of nitrogens with one attached hydrogen (secondary N) is 1. The number of benzene rings is 2. The van der Waals surface area contributed by atoms with Crippen LogP contribution in [0.4, 0.5) is 0 Å². The standard InChI is InChI=1S/C26H31NO8/c1-16(24(29)30-3)33-23-21(27-17(2)28)26(31-14-18-10-6-4-7-11-18)34-20-15-32-25(35-22(20)23)19-12-8-5-9-13-19/h4-13,16,20-23,25-26H,14-15H2,1-3H3,(H,27,28)/t16-,20+,21+,22+,23+,25-,26-/m0/s1. The second-order valence-corrected chi connectivity index (χ2v) is 8.51. The van der Waals surface area contributed by atoms with Gasteiger partial charge in [0.1, 0.15) is 24.4 Å². The van der Waals surface area contributed by atoms with Crippen LogP contribution >= 0.6 is 0 Å². The number of carbonyl (C=O) groups excluding carboxylic acids is 2. The van der Waals surface area contributed by atoms with Crippen molar-refractivity contribution >= 4 is 11.9 Å². The van der Waals surface area contributed by atoms with Gasteiger partial charge < -0.3 is 33.7 Å². The molecule has 2 aliphatic heterocycles. The average molecular weight is 486 g/mol. The second kappa shape index (κ2) is 11.7. The molecule has 4 rings (SSSR count). The average Bonchev–Trinajstić information content (AvgIpc) is 2.89. The highest BCUT2D eigenvalue weighted by molar-refractivity contribution is 5.74. The molecule has 2 aliphatic rings. The Balaban J connectivity index is 1.60. The normalized spacial score (nSPS) is 29.0. The summed E-state index contributed by atoms with van der Waals surface area (Å²) in [6.45, 7) is 3.47. The highest BCUT2D eigenvalue weighted by Crippen LogP contribution is 2.36. The van der Waals surface area contributed by atoms with Crippen LogP contribution in [0.3, 0.4) is 0 Å². The molecule has 0 saturated carbocycles. The van der Waals surface area contributed by atoms with Gasteiger partial charge in [-0.15, -0.1) is 0 Å². The summed E-state index contributed by atoms with van der Waals surface area (Å²) >= 11 is 0. The Labute approximate surface area is 204 Å². The number of esters is 1. The van der Waals surface area contributed by atoms with Crippen molar-refractivity contribution in [1.82, 2.24) is 5.32 Å². The Kier molecular flexibility index (Phi) is 8.48. The Bertz CT molecular complexity index is 972. The SMILES string of the molecule is COC(=O)[C@H](C)O[C@@H]1[C@@H](NC(C)=O)[C@@H](OCc2ccccc2)O[C@@H]2CO[C@H](c3ccccc3)O[C@@H]12. The van der Waals surface area contributed by atoms with Gasteiger partial charge in [-0.05, 0) is 12.5 Å². The number of hydrogen-bond donors (Lipinski definition) is 1. The minimum atomic E-state index is -0.906. The number of ether oxygens (including phenoxy) is 6. The van der Waals surface area contributed by atoms with E-state index >= 15 is 0 Å². The van der Waals surface area contributed by atoms with Crippen molar-refractivity contribution in [1.29, 1.82) is 0 Å². The molecular weight excluding hydrogens is 454 g/mol. The van der Waals surface area contributed by atoms with Gasteiger partial charge in [0.15, 0.2) is 18.7 Å². The number of fused-ring (bicyclic) bond motifs is 1. The Morgan fingerprint density at radius 1 is 1.06 bits per heavy atom. The van der Waals surface area contributed by atoms with Crippen molar-refractivity contribution in [3.63, 3.8) is 0 Å². The molecule has 0 spiro atoms. The fourth-order valence-corrected chi connectivity index (χ4v) is 4.25. The lowest BCUT2D eigenvalue weighted by Crippen LogP contribution is -2.68. The number of hydrogen-bond acceptors (Lipinski definition) is 8. The van der Waals surface area contributed by atoms with Crippen LogP contribution in [-0.2, 0) is 44.6 Å². The van der Waals surface area contributed by atoms with Gasteiger partial charge in [0.25, 0.3) is 0 Å². The lowest BCUT2D eigenvalue weighted by Gasteiger charge is -2.49. The quantitative estimate of drug-likeness (QED) is 0.569. The van der Waals surface area contributed by atoms with E-state index in [1.807, 2.05) is 60.7 Å². The zero-order valence-corrected chi connectivity index (χ0v) is 20.0. The highest BCUT2D eigenvalue weighted by Gasteiger charge is 2.52. The molecule has 1 N–H and O–H groups in total. The van der Waals surface area contributed by atoms with Gasteiger partial charge in [0, 0.05) is 12.5 Å². The summed E-state index contributed by atoms with van der Waals surface area (Å²) in [7, 11) is 1.29. The van der Waals surface area contributed by atoms with E-state index in [4.69, 9.17) is 28.4 Å².